The van der Waals surface area contributed by atoms with Crippen LogP contribution in [0.4, 0.5) is 0 Å². The van der Waals surface area contributed by atoms with Crippen LogP contribution in [0.25, 0.3) is 0 Å². The summed E-state index contributed by atoms with van der Waals surface area (Å²) in [6.07, 6.45) is 0.921. The van der Waals surface area contributed by atoms with Gasteiger partial charge >= 0.3 is 0 Å². The Morgan fingerprint density at radius 2 is 1.96 bits per heavy atom. The van der Waals surface area contributed by atoms with Crippen LogP contribution in [0.3, 0.4) is 0 Å². The van der Waals surface area contributed by atoms with Crippen LogP contribution in [-0.4, -0.2) is 49.7 Å². The molecule has 3 rings (SSSR count). The highest BCUT2D eigenvalue weighted by molar-refractivity contribution is 7.91. The first-order valence-electron chi connectivity index (χ1n) is 7.42. The summed E-state index contributed by atoms with van der Waals surface area (Å²) in [6, 6.07) is 5.29. The second kappa shape index (κ2) is 6.72. The molecule has 2 aromatic rings. The van der Waals surface area contributed by atoms with Crippen LogP contribution >= 0.6 is 22.7 Å². The van der Waals surface area contributed by atoms with Crippen molar-refractivity contribution < 1.29 is 13.2 Å². The lowest BCUT2D eigenvalue weighted by Gasteiger charge is -2.33. The maximum absolute atomic E-state index is 12.5. The lowest BCUT2D eigenvalue weighted by molar-refractivity contribution is 0.0698. The standard InChI is InChI=1S/C15H18N2O3S3/c1-2-13-10-12(11-22-13)15(18)16-5-7-17(8-6-16)23(19,20)14-4-3-9-21-14/h3-4,9-11H,2,5-8H2,1H3. The van der Waals surface area contributed by atoms with Crippen molar-refractivity contribution >= 4 is 38.6 Å². The van der Waals surface area contributed by atoms with Crippen LogP contribution in [0.1, 0.15) is 22.2 Å². The molecule has 0 unspecified atom stereocenters. The fourth-order valence-corrected chi connectivity index (χ4v) is 5.91. The van der Waals surface area contributed by atoms with Gasteiger partial charge < -0.3 is 4.90 Å². The van der Waals surface area contributed by atoms with Crippen LogP contribution in [0.15, 0.2) is 33.2 Å². The third-order valence-corrected chi connectivity index (χ3v) is 8.22. The minimum Gasteiger partial charge on any atom is -0.336 e. The van der Waals surface area contributed by atoms with Crippen molar-refractivity contribution in [3.8, 4) is 0 Å². The van der Waals surface area contributed by atoms with Gasteiger partial charge in [-0.2, -0.15) is 4.31 Å². The Balaban J connectivity index is 1.65. The monoisotopic (exact) mass is 370 g/mol. The Labute approximate surface area is 144 Å². The number of carbonyl (C=O) groups is 1. The fraction of sp³-hybridized carbons (Fsp3) is 0.400. The van der Waals surface area contributed by atoms with Gasteiger partial charge in [0.15, 0.2) is 0 Å². The summed E-state index contributed by atoms with van der Waals surface area (Å²) >= 11 is 2.82. The fourth-order valence-electron chi connectivity index (χ4n) is 2.53. The zero-order chi connectivity index (χ0) is 16.4. The highest BCUT2D eigenvalue weighted by atomic mass is 32.2. The largest absolute Gasteiger partial charge is 0.336 e. The summed E-state index contributed by atoms with van der Waals surface area (Å²) in [6.45, 7) is 3.61. The van der Waals surface area contributed by atoms with Gasteiger partial charge in [-0.3, -0.25) is 4.79 Å². The van der Waals surface area contributed by atoms with Gasteiger partial charge in [-0.1, -0.05) is 13.0 Å². The number of hydrogen-bond acceptors (Lipinski definition) is 5. The minimum absolute atomic E-state index is 0.00544. The highest BCUT2D eigenvalue weighted by Crippen LogP contribution is 2.23. The van der Waals surface area contributed by atoms with E-state index in [4.69, 9.17) is 0 Å². The van der Waals surface area contributed by atoms with Crippen molar-refractivity contribution in [3.05, 3.63) is 39.4 Å². The number of piperazine rings is 1. The third-order valence-electron chi connectivity index (χ3n) is 3.86. The molecule has 0 aromatic carbocycles. The van der Waals surface area contributed by atoms with Crippen LogP contribution in [0.2, 0.25) is 0 Å². The molecule has 8 heteroatoms. The SMILES string of the molecule is CCc1cc(C(=O)N2CCN(S(=O)(=O)c3cccs3)CC2)cs1. The molecule has 1 aliphatic rings. The second-order valence-corrected chi connectivity index (χ2v) is 9.39. The summed E-state index contributed by atoms with van der Waals surface area (Å²) in [5, 5.41) is 3.64. The Morgan fingerprint density at radius 1 is 1.22 bits per heavy atom. The van der Waals surface area contributed by atoms with E-state index in [0.717, 1.165) is 6.42 Å². The predicted molar refractivity (Wildman–Crippen MR) is 92.7 cm³/mol. The maximum atomic E-state index is 12.5. The molecule has 1 fully saturated rings. The molecular formula is C15H18N2O3S3. The highest BCUT2D eigenvalue weighted by Gasteiger charge is 2.31. The molecule has 23 heavy (non-hydrogen) atoms. The summed E-state index contributed by atoms with van der Waals surface area (Å²) in [4.78, 5) is 15.4. The van der Waals surface area contributed by atoms with Crippen molar-refractivity contribution in [2.24, 2.45) is 0 Å². The molecule has 0 radical (unpaired) electrons. The number of rotatable bonds is 4. The van der Waals surface area contributed by atoms with Crippen LogP contribution in [0, 0.1) is 0 Å². The summed E-state index contributed by atoms with van der Waals surface area (Å²) in [5.74, 6) is -0.00544. The molecule has 5 nitrogen and oxygen atoms in total. The van der Waals surface area contributed by atoms with Gasteiger partial charge in [-0.05, 0) is 23.9 Å². The smallest absolute Gasteiger partial charge is 0.254 e. The number of thiophene rings is 2. The minimum atomic E-state index is -3.42. The van der Waals surface area contributed by atoms with Crippen molar-refractivity contribution in [2.45, 2.75) is 17.6 Å². The number of sulfonamides is 1. The lowest BCUT2D eigenvalue weighted by atomic mass is 10.2. The second-order valence-electron chi connectivity index (χ2n) is 5.28. The molecule has 0 atom stereocenters. The number of nitrogens with zero attached hydrogens (tertiary/aromatic N) is 2. The zero-order valence-corrected chi connectivity index (χ0v) is 15.2. The molecule has 1 amide bonds. The Morgan fingerprint density at radius 3 is 2.52 bits per heavy atom. The van der Waals surface area contributed by atoms with E-state index in [1.807, 2.05) is 11.4 Å². The predicted octanol–water partition coefficient (Wildman–Crippen LogP) is 2.52. The Hall–Kier alpha value is -1.22. The molecule has 0 saturated carbocycles. The molecule has 124 valence electrons. The molecule has 1 aliphatic heterocycles. The van der Waals surface area contributed by atoms with Gasteiger partial charge in [0.25, 0.3) is 15.9 Å². The summed E-state index contributed by atoms with van der Waals surface area (Å²) in [5.41, 5.74) is 0.710. The van der Waals surface area contributed by atoms with E-state index in [1.165, 1.54) is 20.5 Å². The topological polar surface area (TPSA) is 57.7 Å². The average molecular weight is 371 g/mol. The quantitative estimate of drug-likeness (QED) is 0.831. The van der Waals surface area contributed by atoms with E-state index in [2.05, 4.69) is 6.92 Å². The Kier molecular flexibility index (Phi) is 4.86. The number of amides is 1. The van der Waals surface area contributed by atoms with E-state index in [-0.39, 0.29) is 5.91 Å². The van der Waals surface area contributed by atoms with Gasteiger partial charge in [-0.25, -0.2) is 8.42 Å². The molecule has 3 heterocycles. The zero-order valence-electron chi connectivity index (χ0n) is 12.8. The van der Waals surface area contributed by atoms with Gasteiger partial charge in [0, 0.05) is 36.4 Å². The number of aryl methyl sites for hydroxylation is 1. The normalized spacial score (nSPS) is 16.7. The van der Waals surface area contributed by atoms with Gasteiger partial charge in [0.1, 0.15) is 4.21 Å². The molecular weight excluding hydrogens is 352 g/mol. The molecule has 1 saturated heterocycles. The van der Waals surface area contributed by atoms with Crippen LogP contribution in [-0.2, 0) is 16.4 Å². The van der Waals surface area contributed by atoms with E-state index in [1.54, 1.807) is 33.7 Å². The van der Waals surface area contributed by atoms with Crippen molar-refractivity contribution in [1.82, 2.24) is 9.21 Å². The molecule has 0 spiro atoms. The van der Waals surface area contributed by atoms with Gasteiger partial charge in [0.05, 0.1) is 5.56 Å². The van der Waals surface area contributed by atoms with Crippen molar-refractivity contribution in [3.63, 3.8) is 0 Å². The molecule has 0 N–H and O–H groups in total. The van der Waals surface area contributed by atoms with Gasteiger partial charge in [0.2, 0.25) is 0 Å². The van der Waals surface area contributed by atoms with E-state index in [9.17, 15) is 13.2 Å². The number of carbonyl (C=O) groups excluding carboxylic acids is 1. The third kappa shape index (κ3) is 3.35. The first-order chi connectivity index (χ1) is 11.0. The van der Waals surface area contributed by atoms with Gasteiger partial charge in [-0.15, -0.1) is 22.7 Å². The average Bonchev–Trinajstić information content (AvgIpc) is 3.25. The van der Waals surface area contributed by atoms with E-state index >= 15 is 0 Å². The lowest BCUT2D eigenvalue weighted by Crippen LogP contribution is -2.50. The number of hydrogen-bond donors (Lipinski definition) is 0. The Bertz CT molecular complexity index is 773. The maximum Gasteiger partial charge on any atom is 0.254 e. The van der Waals surface area contributed by atoms with E-state index < -0.39 is 10.0 Å². The summed E-state index contributed by atoms with van der Waals surface area (Å²) in [7, 11) is -3.42. The molecule has 2 aromatic heterocycles. The van der Waals surface area contributed by atoms with Crippen LogP contribution in [0.5, 0.6) is 0 Å². The molecule has 0 aliphatic carbocycles. The first kappa shape index (κ1) is 16.6. The first-order valence-corrected chi connectivity index (χ1v) is 10.6. The molecule has 0 bridgehead atoms. The summed E-state index contributed by atoms with van der Waals surface area (Å²) < 4.78 is 26.8. The van der Waals surface area contributed by atoms with Crippen molar-refractivity contribution in [1.29, 1.82) is 0 Å². The van der Waals surface area contributed by atoms with Crippen molar-refractivity contribution in [2.75, 3.05) is 26.2 Å². The van der Waals surface area contributed by atoms with Crippen LogP contribution < -0.4 is 0 Å². The van der Waals surface area contributed by atoms with E-state index in [0.29, 0.717) is 36.0 Å².